The Balaban J connectivity index is 1.55. The van der Waals surface area contributed by atoms with E-state index in [0.717, 1.165) is 18.2 Å². The summed E-state index contributed by atoms with van der Waals surface area (Å²) in [5.41, 5.74) is -1.22. The van der Waals surface area contributed by atoms with Gasteiger partial charge in [-0.1, -0.05) is 0 Å². The first-order chi connectivity index (χ1) is 19.0. The molecule has 2 aromatic carbocycles. The van der Waals surface area contributed by atoms with Crippen LogP contribution in [0.3, 0.4) is 0 Å². The van der Waals surface area contributed by atoms with Gasteiger partial charge in [0.15, 0.2) is 11.5 Å². The summed E-state index contributed by atoms with van der Waals surface area (Å²) in [7, 11) is 0. The van der Waals surface area contributed by atoms with Crippen LogP contribution in [0.25, 0.3) is 21.9 Å². The molecule has 3 aromatic rings. The fourth-order valence-corrected chi connectivity index (χ4v) is 5.56. The summed E-state index contributed by atoms with van der Waals surface area (Å²) < 4.78 is 16.5. The lowest BCUT2D eigenvalue weighted by Crippen LogP contribution is -2.60. The van der Waals surface area contributed by atoms with Gasteiger partial charge >= 0.3 is 0 Å². The zero-order chi connectivity index (χ0) is 29.0. The molecule has 0 radical (unpaired) electrons. The zero-order valence-electron chi connectivity index (χ0n) is 20.9. The van der Waals surface area contributed by atoms with E-state index < -0.39 is 90.6 Å². The molecular formula is C26H30O14. The molecule has 9 atom stereocenters. The molecule has 2 heterocycles. The molecule has 1 aliphatic heterocycles. The van der Waals surface area contributed by atoms with Gasteiger partial charge in [-0.15, -0.1) is 0 Å². The highest BCUT2D eigenvalue weighted by Gasteiger charge is 2.45. The van der Waals surface area contributed by atoms with E-state index in [1.54, 1.807) is 0 Å². The lowest BCUT2D eigenvalue weighted by molar-refractivity contribution is -0.277. The van der Waals surface area contributed by atoms with Crippen molar-refractivity contribution in [2.45, 2.75) is 61.7 Å². The Morgan fingerprint density at radius 1 is 0.825 bits per heavy atom. The molecule has 1 aromatic heterocycles. The molecule has 10 N–H and O–H groups in total. The van der Waals surface area contributed by atoms with E-state index >= 15 is 0 Å². The number of aliphatic hydroxyl groups excluding tert-OH is 7. The molecule has 2 aliphatic rings. The van der Waals surface area contributed by atoms with E-state index in [0.29, 0.717) is 0 Å². The Morgan fingerprint density at radius 2 is 1.55 bits per heavy atom. The number of aliphatic hydroxyl groups is 7. The second kappa shape index (κ2) is 10.6. The van der Waals surface area contributed by atoms with Gasteiger partial charge in [0, 0.05) is 30.2 Å². The zero-order valence-corrected chi connectivity index (χ0v) is 20.9. The van der Waals surface area contributed by atoms with Gasteiger partial charge in [-0.2, -0.15) is 0 Å². The molecule has 40 heavy (non-hydrogen) atoms. The summed E-state index contributed by atoms with van der Waals surface area (Å²) in [6, 6.07) is 3.16. The van der Waals surface area contributed by atoms with Crippen molar-refractivity contribution < 1.29 is 65.0 Å². The summed E-state index contributed by atoms with van der Waals surface area (Å²) in [6.45, 7) is -1.14. The lowest BCUT2D eigenvalue weighted by Gasteiger charge is -2.39. The normalized spacial score (nSPS) is 32.9. The van der Waals surface area contributed by atoms with Gasteiger partial charge in [0.1, 0.15) is 52.5 Å². The maximum Gasteiger partial charge on any atom is 0.229 e. The van der Waals surface area contributed by atoms with Crippen LogP contribution < -0.4 is 10.2 Å². The van der Waals surface area contributed by atoms with Gasteiger partial charge in [-0.3, -0.25) is 4.79 Å². The van der Waals surface area contributed by atoms with E-state index in [1.165, 1.54) is 0 Å². The Kier molecular flexibility index (Phi) is 7.54. The van der Waals surface area contributed by atoms with Crippen LogP contribution in [-0.4, -0.2) is 107 Å². The minimum Gasteiger partial charge on any atom is -0.507 e. The number of ether oxygens (including phenoxy) is 2. The summed E-state index contributed by atoms with van der Waals surface area (Å²) in [5, 5.41) is 101. The molecule has 1 saturated heterocycles. The Bertz CT molecular complexity index is 1470. The predicted molar refractivity (Wildman–Crippen MR) is 134 cm³/mol. The van der Waals surface area contributed by atoms with E-state index in [4.69, 9.17) is 13.9 Å². The second-order valence-corrected chi connectivity index (χ2v) is 10.3. The molecule has 218 valence electrons. The van der Waals surface area contributed by atoms with Gasteiger partial charge in [0.2, 0.25) is 11.7 Å². The maximum atomic E-state index is 13.4. The van der Waals surface area contributed by atoms with Crippen LogP contribution >= 0.6 is 0 Å². The molecule has 1 aliphatic carbocycles. The van der Waals surface area contributed by atoms with Crippen molar-refractivity contribution in [1.29, 1.82) is 0 Å². The highest BCUT2D eigenvalue weighted by Crippen LogP contribution is 2.47. The van der Waals surface area contributed by atoms with E-state index in [1.807, 2.05) is 0 Å². The maximum absolute atomic E-state index is 13.4. The van der Waals surface area contributed by atoms with Crippen LogP contribution in [0, 0.1) is 5.92 Å². The highest BCUT2D eigenvalue weighted by atomic mass is 16.7. The van der Waals surface area contributed by atoms with Crippen molar-refractivity contribution in [3.8, 4) is 23.0 Å². The third kappa shape index (κ3) is 4.61. The smallest absolute Gasteiger partial charge is 0.229 e. The summed E-state index contributed by atoms with van der Waals surface area (Å²) in [5.74, 6) is -3.46. The summed E-state index contributed by atoms with van der Waals surface area (Å²) in [4.78, 5) is 13.4. The van der Waals surface area contributed by atoms with Crippen molar-refractivity contribution in [1.82, 2.24) is 0 Å². The average Bonchev–Trinajstić information content (AvgIpc) is 2.91. The Morgan fingerprint density at radius 3 is 2.23 bits per heavy atom. The first kappa shape index (κ1) is 28.3. The minimum atomic E-state index is -1.77. The molecule has 2 fully saturated rings. The number of aromatic hydroxyl groups is 3. The lowest BCUT2D eigenvalue weighted by atomic mass is 9.74. The van der Waals surface area contributed by atoms with E-state index in [9.17, 15) is 55.9 Å². The number of fused-ring (bicyclic) bond motifs is 2. The van der Waals surface area contributed by atoms with Gasteiger partial charge in [-0.05, 0) is 24.8 Å². The van der Waals surface area contributed by atoms with Crippen molar-refractivity contribution in [2.24, 2.45) is 5.92 Å². The van der Waals surface area contributed by atoms with Crippen molar-refractivity contribution >= 4 is 21.9 Å². The van der Waals surface area contributed by atoms with Gasteiger partial charge < -0.3 is 65.0 Å². The van der Waals surface area contributed by atoms with Crippen LogP contribution in [-0.2, 0) is 4.74 Å². The van der Waals surface area contributed by atoms with E-state index in [-0.39, 0.29) is 46.1 Å². The van der Waals surface area contributed by atoms with Crippen molar-refractivity contribution in [3.05, 3.63) is 34.0 Å². The molecule has 0 amide bonds. The fraction of sp³-hybridized carbons (Fsp3) is 0.500. The van der Waals surface area contributed by atoms with Crippen LogP contribution in [0.5, 0.6) is 23.0 Å². The third-order valence-corrected chi connectivity index (χ3v) is 7.76. The number of benzene rings is 2. The predicted octanol–water partition coefficient (Wildman–Crippen LogP) is -1.55. The number of phenolic OH excluding ortho intramolecular Hbond substituents is 3. The molecule has 5 rings (SSSR count). The molecule has 1 unspecified atom stereocenters. The Labute approximate surface area is 225 Å². The molecule has 1 saturated carbocycles. The van der Waals surface area contributed by atoms with Gasteiger partial charge in [0.05, 0.1) is 24.2 Å². The summed E-state index contributed by atoms with van der Waals surface area (Å²) >= 11 is 0. The van der Waals surface area contributed by atoms with Crippen LogP contribution in [0.15, 0.2) is 27.4 Å². The number of hydrogen-bond donors (Lipinski definition) is 10. The quantitative estimate of drug-likeness (QED) is 0.157. The van der Waals surface area contributed by atoms with Crippen molar-refractivity contribution in [2.75, 3.05) is 13.2 Å². The molecule has 14 heteroatoms. The molecule has 0 spiro atoms. The molecule has 14 nitrogen and oxygen atoms in total. The third-order valence-electron chi connectivity index (χ3n) is 7.76. The number of rotatable bonds is 5. The number of phenols is 3. The highest BCUT2D eigenvalue weighted by molar-refractivity contribution is 5.96. The van der Waals surface area contributed by atoms with Crippen LogP contribution in [0.2, 0.25) is 0 Å². The largest absolute Gasteiger partial charge is 0.507 e. The SMILES string of the molecule is O=c1c2cc(O)c(O[C@@H]3O[C@H](CO)[C@@H](O)[C@H](O)[C@H]3O)cc2oc2cc(O)c(C3C[C@H](CO)[C@@H](O)[C@H](O)C3)c(O)c12. The summed E-state index contributed by atoms with van der Waals surface area (Å²) in [6.07, 6.45) is -10.4. The van der Waals surface area contributed by atoms with Crippen molar-refractivity contribution in [3.63, 3.8) is 0 Å². The minimum absolute atomic E-state index is 0.0529. The number of hydrogen-bond acceptors (Lipinski definition) is 14. The Hall–Kier alpha value is -3.21. The monoisotopic (exact) mass is 566 g/mol. The fourth-order valence-electron chi connectivity index (χ4n) is 5.56. The van der Waals surface area contributed by atoms with Crippen LogP contribution in [0.4, 0.5) is 0 Å². The van der Waals surface area contributed by atoms with Gasteiger partial charge in [-0.25, -0.2) is 0 Å². The second-order valence-electron chi connectivity index (χ2n) is 10.3. The molecular weight excluding hydrogens is 536 g/mol. The first-order valence-electron chi connectivity index (χ1n) is 12.6. The first-order valence-corrected chi connectivity index (χ1v) is 12.6. The van der Waals surface area contributed by atoms with Gasteiger partial charge in [0.25, 0.3) is 0 Å². The van der Waals surface area contributed by atoms with E-state index in [2.05, 4.69) is 0 Å². The standard InChI is InChI=1S/C26H30O14/c27-6-9-1-8(2-13(31)20(9)32)18-12(30)4-16-19(23(18)35)21(33)10-3-11(29)15(5-14(10)38-16)39-26-25(37)24(36)22(34)17(7-28)40-26/h3-5,8-9,13,17,20,22,24-32,34-37H,1-2,6-7H2/t8?,9-,13-,17-,20-,22-,24+,25-,26-/m1/s1. The average molecular weight is 567 g/mol. The van der Waals surface area contributed by atoms with Crippen LogP contribution in [0.1, 0.15) is 24.3 Å². The molecule has 0 bridgehead atoms. The topological polar surface area (TPSA) is 251 Å².